The van der Waals surface area contributed by atoms with Gasteiger partial charge in [-0.3, -0.25) is 14.9 Å². The normalized spacial score (nSPS) is 14.6. The van der Waals surface area contributed by atoms with Gasteiger partial charge in [0.15, 0.2) is 0 Å². The maximum atomic E-state index is 12.9. The molecule has 0 N–H and O–H groups in total. The van der Waals surface area contributed by atoms with Crippen molar-refractivity contribution in [3.63, 3.8) is 0 Å². The Morgan fingerprint density at radius 3 is 2.29 bits per heavy atom. The fourth-order valence-electron chi connectivity index (χ4n) is 3.28. The van der Waals surface area contributed by atoms with Gasteiger partial charge in [0, 0.05) is 32.2 Å². The Morgan fingerprint density at radius 2 is 1.71 bits per heavy atom. The number of para-hydroxylation sites is 1. The Hall–Kier alpha value is -3.44. The highest BCUT2D eigenvalue weighted by molar-refractivity contribution is 5.97. The first kappa shape index (κ1) is 22.2. The van der Waals surface area contributed by atoms with Crippen molar-refractivity contribution in [2.75, 3.05) is 31.1 Å². The van der Waals surface area contributed by atoms with Crippen molar-refractivity contribution in [2.45, 2.75) is 12.8 Å². The number of halogens is 5. The van der Waals surface area contributed by atoms with E-state index in [1.54, 1.807) is 0 Å². The molecule has 3 rings (SSSR count). The lowest BCUT2D eigenvalue weighted by Crippen LogP contribution is -2.49. The molecule has 0 aliphatic carbocycles. The quantitative estimate of drug-likeness (QED) is 0.392. The molecule has 0 unspecified atom stereocenters. The van der Waals surface area contributed by atoms with Crippen LogP contribution < -0.4 is 9.64 Å². The lowest BCUT2D eigenvalue weighted by molar-refractivity contribution is -0.384. The van der Waals surface area contributed by atoms with Gasteiger partial charge in [-0.05, 0) is 24.3 Å². The number of benzene rings is 2. The van der Waals surface area contributed by atoms with Crippen molar-refractivity contribution < 1.29 is 36.4 Å². The van der Waals surface area contributed by atoms with E-state index in [0.717, 1.165) is 12.1 Å². The number of alkyl halides is 5. The monoisotopic (exact) mass is 445 g/mol. The molecule has 1 aliphatic rings. The Bertz CT molecular complexity index is 975. The standard InChI is InChI=1S/C19H16F5N3O4/c20-18(21)31-16-4-2-1-3-13(16)17(28)26-9-7-25(8-10-26)14-6-5-12(19(22,23)24)11-15(14)27(29)30/h1-6,11,18H,7-10H2. The molecule has 0 aromatic heterocycles. The molecule has 0 radical (unpaired) electrons. The zero-order chi connectivity index (χ0) is 22.8. The molecule has 0 atom stereocenters. The highest BCUT2D eigenvalue weighted by atomic mass is 19.4. The fourth-order valence-corrected chi connectivity index (χ4v) is 3.28. The molecule has 7 nitrogen and oxygen atoms in total. The zero-order valence-electron chi connectivity index (χ0n) is 15.8. The average Bonchev–Trinajstić information content (AvgIpc) is 2.72. The molecule has 2 aromatic rings. The fraction of sp³-hybridized carbons (Fsp3) is 0.316. The van der Waals surface area contributed by atoms with E-state index in [9.17, 15) is 36.9 Å². The SMILES string of the molecule is O=C(c1ccccc1OC(F)F)N1CCN(c2ccc(C(F)(F)F)cc2[N+](=O)[O-])CC1. The van der Waals surface area contributed by atoms with Gasteiger partial charge in [-0.15, -0.1) is 0 Å². The molecule has 1 saturated heterocycles. The first-order chi connectivity index (χ1) is 14.6. The van der Waals surface area contributed by atoms with Gasteiger partial charge < -0.3 is 14.5 Å². The van der Waals surface area contributed by atoms with Crippen LogP contribution in [0.5, 0.6) is 5.75 Å². The first-order valence-corrected chi connectivity index (χ1v) is 9.01. The molecule has 2 aromatic carbocycles. The van der Waals surface area contributed by atoms with Crippen LogP contribution >= 0.6 is 0 Å². The van der Waals surface area contributed by atoms with Gasteiger partial charge in [0.25, 0.3) is 11.6 Å². The van der Waals surface area contributed by atoms with Crippen LogP contribution in [-0.2, 0) is 6.18 Å². The number of ether oxygens (including phenoxy) is 1. The van der Waals surface area contributed by atoms with Crippen LogP contribution in [0, 0.1) is 10.1 Å². The minimum absolute atomic E-state index is 0.00605. The lowest BCUT2D eigenvalue weighted by Gasteiger charge is -2.36. The summed E-state index contributed by atoms with van der Waals surface area (Å²) in [5.41, 5.74) is -1.87. The van der Waals surface area contributed by atoms with Crippen molar-refractivity contribution in [1.29, 1.82) is 0 Å². The van der Waals surface area contributed by atoms with Crippen LogP contribution in [0.25, 0.3) is 0 Å². The third-order valence-corrected chi connectivity index (χ3v) is 4.74. The number of nitro benzene ring substituents is 1. The number of amides is 1. The summed E-state index contributed by atoms with van der Waals surface area (Å²) in [7, 11) is 0. The molecule has 0 bridgehead atoms. The number of carbonyl (C=O) groups is 1. The Kier molecular flexibility index (Phi) is 6.27. The third-order valence-electron chi connectivity index (χ3n) is 4.74. The summed E-state index contributed by atoms with van der Waals surface area (Å²) < 4.78 is 68.2. The van der Waals surface area contributed by atoms with E-state index < -0.39 is 34.9 Å². The summed E-state index contributed by atoms with van der Waals surface area (Å²) in [6, 6.07) is 7.78. The minimum atomic E-state index is -4.72. The van der Waals surface area contributed by atoms with Crippen LogP contribution in [0.3, 0.4) is 0 Å². The van der Waals surface area contributed by atoms with Gasteiger partial charge in [-0.25, -0.2) is 0 Å². The van der Waals surface area contributed by atoms with E-state index in [-0.39, 0.29) is 43.2 Å². The number of hydrogen-bond donors (Lipinski definition) is 0. The van der Waals surface area contributed by atoms with Gasteiger partial charge in [0.05, 0.1) is 16.1 Å². The minimum Gasteiger partial charge on any atom is -0.434 e. The molecule has 166 valence electrons. The summed E-state index contributed by atoms with van der Waals surface area (Å²) in [5.74, 6) is -0.832. The maximum absolute atomic E-state index is 12.9. The topological polar surface area (TPSA) is 75.9 Å². The molecule has 31 heavy (non-hydrogen) atoms. The molecule has 0 saturated carbocycles. The van der Waals surface area contributed by atoms with E-state index in [4.69, 9.17) is 0 Å². The summed E-state index contributed by atoms with van der Waals surface area (Å²) in [4.78, 5) is 26.0. The molecule has 1 aliphatic heterocycles. The number of piperazine rings is 1. The molecule has 1 amide bonds. The second kappa shape index (κ2) is 8.74. The van der Waals surface area contributed by atoms with Crippen LogP contribution in [-0.4, -0.2) is 48.5 Å². The number of nitrogens with zero attached hydrogens (tertiary/aromatic N) is 3. The Labute approximate surface area is 172 Å². The van der Waals surface area contributed by atoms with Crippen molar-refractivity contribution in [3.05, 3.63) is 63.7 Å². The molecular formula is C19H16F5N3O4. The summed E-state index contributed by atoms with van der Waals surface area (Å²) >= 11 is 0. The average molecular weight is 445 g/mol. The highest BCUT2D eigenvalue weighted by Gasteiger charge is 2.34. The molecular weight excluding hydrogens is 429 g/mol. The maximum Gasteiger partial charge on any atom is 0.416 e. The van der Waals surface area contributed by atoms with Gasteiger partial charge in [0.2, 0.25) is 0 Å². The van der Waals surface area contributed by atoms with E-state index >= 15 is 0 Å². The van der Waals surface area contributed by atoms with E-state index in [2.05, 4.69) is 4.74 Å². The first-order valence-electron chi connectivity index (χ1n) is 9.01. The number of rotatable bonds is 5. The van der Waals surface area contributed by atoms with Crippen molar-refractivity contribution in [2.24, 2.45) is 0 Å². The number of hydrogen-bond acceptors (Lipinski definition) is 5. The Balaban J connectivity index is 1.76. The molecule has 12 heteroatoms. The van der Waals surface area contributed by atoms with Crippen molar-refractivity contribution >= 4 is 17.3 Å². The zero-order valence-corrected chi connectivity index (χ0v) is 15.8. The second-order valence-electron chi connectivity index (χ2n) is 6.61. The van der Waals surface area contributed by atoms with Gasteiger partial charge in [-0.2, -0.15) is 22.0 Å². The molecule has 1 fully saturated rings. The van der Waals surface area contributed by atoms with Crippen LogP contribution in [0.4, 0.5) is 33.3 Å². The number of anilines is 1. The van der Waals surface area contributed by atoms with Gasteiger partial charge in [-0.1, -0.05) is 12.1 Å². The van der Waals surface area contributed by atoms with Crippen LogP contribution in [0.1, 0.15) is 15.9 Å². The Morgan fingerprint density at radius 1 is 1.06 bits per heavy atom. The van der Waals surface area contributed by atoms with E-state index in [1.165, 1.54) is 34.1 Å². The smallest absolute Gasteiger partial charge is 0.416 e. The van der Waals surface area contributed by atoms with Crippen molar-refractivity contribution in [1.82, 2.24) is 4.90 Å². The second-order valence-corrected chi connectivity index (χ2v) is 6.61. The highest BCUT2D eigenvalue weighted by Crippen LogP contribution is 2.37. The van der Waals surface area contributed by atoms with Gasteiger partial charge in [0.1, 0.15) is 11.4 Å². The van der Waals surface area contributed by atoms with E-state index in [1.807, 2.05) is 0 Å². The lowest BCUT2D eigenvalue weighted by atomic mass is 10.1. The summed E-state index contributed by atoms with van der Waals surface area (Å²) in [5, 5.41) is 11.3. The van der Waals surface area contributed by atoms with Crippen LogP contribution in [0.2, 0.25) is 0 Å². The molecule has 0 spiro atoms. The number of carbonyl (C=O) groups excluding carboxylic acids is 1. The summed E-state index contributed by atoms with van der Waals surface area (Å²) in [6.45, 7) is -2.72. The molecule has 1 heterocycles. The largest absolute Gasteiger partial charge is 0.434 e. The summed E-state index contributed by atoms with van der Waals surface area (Å²) in [6.07, 6.45) is -4.72. The van der Waals surface area contributed by atoms with Crippen molar-refractivity contribution in [3.8, 4) is 5.75 Å². The van der Waals surface area contributed by atoms with E-state index in [0.29, 0.717) is 6.07 Å². The number of nitro groups is 1. The van der Waals surface area contributed by atoms with Crippen LogP contribution in [0.15, 0.2) is 42.5 Å². The van der Waals surface area contributed by atoms with Gasteiger partial charge >= 0.3 is 12.8 Å². The predicted octanol–water partition coefficient (Wildman–Crippen LogP) is 4.18. The predicted molar refractivity (Wildman–Crippen MR) is 99.3 cm³/mol. The third kappa shape index (κ3) is 5.01.